The summed E-state index contributed by atoms with van der Waals surface area (Å²) in [6, 6.07) is 0. The van der Waals surface area contributed by atoms with Crippen LogP contribution in [0.15, 0.2) is 0 Å². The molecule has 0 aliphatic carbocycles. The maximum absolute atomic E-state index is 13.1. The average molecular weight is 1410 g/mol. The number of esters is 4. The van der Waals surface area contributed by atoms with Crippen LogP contribution in [-0.4, -0.2) is 96.7 Å². The van der Waals surface area contributed by atoms with Crippen molar-refractivity contribution in [3.05, 3.63) is 0 Å². The maximum atomic E-state index is 13.1. The summed E-state index contributed by atoms with van der Waals surface area (Å²) in [4.78, 5) is 72.8. The summed E-state index contributed by atoms with van der Waals surface area (Å²) in [5.74, 6) is 0.914. The molecule has 0 fully saturated rings. The van der Waals surface area contributed by atoms with E-state index in [1.807, 2.05) is 0 Å². The SMILES string of the molecule is CC(C)CCCCCCCCCCCCCCCCCCC(=O)O[C@H](COC(=O)CCCCCCCCCC(C)C)COP(=O)(O)OCC(O)COP(=O)(O)OC[C@@H](COC(=O)CCCCCCCCCCCC(C)C)OC(=O)CCCCCCCCCCCCCCC(C)C. The minimum Gasteiger partial charge on any atom is -0.462 e. The van der Waals surface area contributed by atoms with E-state index in [4.69, 9.17) is 37.0 Å². The second kappa shape index (κ2) is 66.3. The quantitative estimate of drug-likeness (QED) is 0.0222. The lowest BCUT2D eigenvalue weighted by Crippen LogP contribution is -2.30. The maximum Gasteiger partial charge on any atom is 0.472 e. The van der Waals surface area contributed by atoms with Gasteiger partial charge in [0.25, 0.3) is 0 Å². The summed E-state index contributed by atoms with van der Waals surface area (Å²) >= 11 is 0. The molecule has 0 aromatic heterocycles. The molecule has 96 heavy (non-hydrogen) atoms. The van der Waals surface area contributed by atoms with Crippen LogP contribution >= 0.6 is 15.6 Å². The van der Waals surface area contributed by atoms with Gasteiger partial charge in [0.1, 0.15) is 19.3 Å². The molecular formula is C77H150O17P2. The number of ether oxygens (including phenoxy) is 4. The van der Waals surface area contributed by atoms with Crippen LogP contribution in [-0.2, 0) is 65.4 Å². The third-order valence-corrected chi connectivity index (χ3v) is 19.7. The minimum atomic E-state index is -4.96. The minimum absolute atomic E-state index is 0.106. The molecule has 0 heterocycles. The Morgan fingerprint density at radius 1 is 0.260 bits per heavy atom. The molecule has 0 amide bonds. The summed E-state index contributed by atoms with van der Waals surface area (Å²) in [6.07, 6.45) is 51.4. The van der Waals surface area contributed by atoms with Crippen molar-refractivity contribution >= 4 is 39.5 Å². The number of unbranched alkanes of at least 4 members (excludes halogenated alkanes) is 40. The Labute approximate surface area is 588 Å². The molecule has 5 atom stereocenters. The average Bonchev–Trinajstić information content (AvgIpc) is 1.11. The lowest BCUT2D eigenvalue weighted by molar-refractivity contribution is -0.161. The molecular weight excluding hydrogens is 1260 g/mol. The van der Waals surface area contributed by atoms with Crippen molar-refractivity contribution in [3.8, 4) is 0 Å². The molecule has 0 spiro atoms. The lowest BCUT2D eigenvalue weighted by Gasteiger charge is -2.21. The molecule has 0 rings (SSSR count). The van der Waals surface area contributed by atoms with E-state index in [1.54, 1.807) is 0 Å². The zero-order chi connectivity index (χ0) is 71.0. The fourth-order valence-corrected chi connectivity index (χ4v) is 13.3. The zero-order valence-corrected chi connectivity index (χ0v) is 64.8. The number of phosphoric ester groups is 2. The van der Waals surface area contributed by atoms with Crippen LogP contribution in [0.3, 0.4) is 0 Å². The number of phosphoric acid groups is 2. The van der Waals surface area contributed by atoms with Gasteiger partial charge in [-0.1, -0.05) is 338 Å². The van der Waals surface area contributed by atoms with Crippen molar-refractivity contribution in [3.63, 3.8) is 0 Å². The van der Waals surface area contributed by atoms with E-state index >= 15 is 0 Å². The van der Waals surface area contributed by atoms with E-state index in [9.17, 15) is 43.2 Å². The predicted molar refractivity (Wildman–Crippen MR) is 391 cm³/mol. The second-order valence-corrected chi connectivity index (χ2v) is 32.6. The van der Waals surface area contributed by atoms with Crippen LogP contribution < -0.4 is 0 Å². The summed E-state index contributed by atoms with van der Waals surface area (Å²) in [5, 5.41) is 10.6. The number of aliphatic hydroxyl groups is 1. The molecule has 0 aromatic carbocycles. The first-order chi connectivity index (χ1) is 46.1. The third-order valence-electron chi connectivity index (χ3n) is 17.8. The molecule has 0 aromatic rings. The van der Waals surface area contributed by atoms with E-state index in [1.165, 1.54) is 186 Å². The lowest BCUT2D eigenvalue weighted by atomic mass is 10.0. The van der Waals surface area contributed by atoms with Crippen molar-refractivity contribution in [1.82, 2.24) is 0 Å². The highest BCUT2D eigenvalue weighted by Crippen LogP contribution is 2.45. The van der Waals surface area contributed by atoms with E-state index in [0.29, 0.717) is 31.6 Å². The van der Waals surface area contributed by atoms with Gasteiger partial charge < -0.3 is 33.8 Å². The highest BCUT2D eigenvalue weighted by Gasteiger charge is 2.30. The second-order valence-electron chi connectivity index (χ2n) is 29.7. The van der Waals surface area contributed by atoms with E-state index in [2.05, 4.69) is 55.4 Å². The first kappa shape index (κ1) is 94.1. The molecule has 0 saturated carbocycles. The number of carbonyl (C=O) groups is 4. The Hall–Kier alpha value is -1.94. The molecule has 0 bridgehead atoms. The van der Waals surface area contributed by atoms with Crippen LogP contribution in [0.5, 0.6) is 0 Å². The van der Waals surface area contributed by atoms with Gasteiger partial charge in [0.2, 0.25) is 0 Å². The highest BCUT2D eigenvalue weighted by molar-refractivity contribution is 7.47. The number of aliphatic hydroxyl groups excluding tert-OH is 1. The molecule has 0 aliphatic heterocycles. The molecule has 0 saturated heterocycles. The number of carbonyl (C=O) groups excluding carboxylic acids is 4. The van der Waals surface area contributed by atoms with Gasteiger partial charge in [-0.05, 0) is 49.4 Å². The van der Waals surface area contributed by atoms with E-state index in [-0.39, 0.29) is 25.7 Å². The van der Waals surface area contributed by atoms with Crippen LogP contribution in [0.2, 0.25) is 0 Å². The van der Waals surface area contributed by atoms with Gasteiger partial charge in [0.05, 0.1) is 26.4 Å². The Balaban J connectivity index is 5.22. The van der Waals surface area contributed by atoms with Crippen LogP contribution in [0, 0.1) is 23.7 Å². The van der Waals surface area contributed by atoms with Crippen molar-refractivity contribution in [2.75, 3.05) is 39.6 Å². The van der Waals surface area contributed by atoms with Crippen LogP contribution in [0.1, 0.15) is 389 Å². The number of hydrogen-bond donors (Lipinski definition) is 3. The first-order valence-electron chi connectivity index (χ1n) is 39.7. The zero-order valence-electron chi connectivity index (χ0n) is 63.0. The fraction of sp³-hybridized carbons (Fsp3) is 0.948. The normalized spacial score (nSPS) is 14.1. The molecule has 3 N–H and O–H groups in total. The van der Waals surface area contributed by atoms with Crippen LogP contribution in [0.25, 0.3) is 0 Å². The van der Waals surface area contributed by atoms with Crippen molar-refractivity contribution in [2.24, 2.45) is 23.7 Å². The smallest absolute Gasteiger partial charge is 0.462 e. The van der Waals surface area contributed by atoms with Gasteiger partial charge in [-0.2, -0.15) is 0 Å². The van der Waals surface area contributed by atoms with Gasteiger partial charge >= 0.3 is 39.5 Å². The van der Waals surface area contributed by atoms with Gasteiger partial charge in [-0.25, -0.2) is 9.13 Å². The van der Waals surface area contributed by atoms with Crippen molar-refractivity contribution < 1.29 is 80.2 Å². The topological polar surface area (TPSA) is 237 Å². The van der Waals surface area contributed by atoms with Crippen LogP contribution in [0.4, 0.5) is 0 Å². The van der Waals surface area contributed by atoms with Gasteiger partial charge in [0.15, 0.2) is 12.2 Å². The summed E-state index contributed by atoms with van der Waals surface area (Å²) in [7, 11) is -9.91. The number of rotatable bonds is 74. The van der Waals surface area contributed by atoms with Crippen molar-refractivity contribution in [2.45, 2.75) is 408 Å². The molecule has 19 heteroatoms. The van der Waals surface area contributed by atoms with E-state index in [0.717, 1.165) is 114 Å². The summed E-state index contributed by atoms with van der Waals surface area (Å²) < 4.78 is 68.5. The fourth-order valence-electron chi connectivity index (χ4n) is 11.7. The van der Waals surface area contributed by atoms with Gasteiger partial charge in [0, 0.05) is 25.7 Å². The van der Waals surface area contributed by atoms with Gasteiger partial charge in [-0.3, -0.25) is 37.3 Å². The Bertz CT molecular complexity index is 1880. The largest absolute Gasteiger partial charge is 0.472 e. The summed E-state index contributed by atoms with van der Waals surface area (Å²) in [5.41, 5.74) is 0. The summed E-state index contributed by atoms with van der Waals surface area (Å²) in [6.45, 7) is 14.2. The monoisotopic (exact) mass is 1410 g/mol. The number of hydrogen-bond acceptors (Lipinski definition) is 15. The van der Waals surface area contributed by atoms with Gasteiger partial charge in [-0.15, -0.1) is 0 Å². The van der Waals surface area contributed by atoms with Crippen molar-refractivity contribution in [1.29, 1.82) is 0 Å². The first-order valence-corrected chi connectivity index (χ1v) is 42.7. The predicted octanol–water partition coefficient (Wildman–Crippen LogP) is 22.4. The Morgan fingerprint density at radius 2 is 0.438 bits per heavy atom. The molecule has 3 unspecified atom stereocenters. The standard InChI is InChI=1S/C77H150O17P2/c1-67(2)53-45-37-29-22-17-13-11-9-10-12-14-19-25-34-43-51-59-76(81)94-73(64-88-75(80)58-50-42-36-28-32-40-48-56-70(7)8)66-92-96(85,86)90-62-71(78)61-89-95(83,84)91-65-72(63-87-74(79)57-49-41-33-27-21-24-31-39-47-55-69(5)6)93-77(82)60-52-44-35-26-20-16-15-18-23-30-38-46-54-68(3)4/h67-73,78H,9-66H2,1-8H3,(H,83,84)(H,85,86)/t71?,72-,73-/m1/s1. The molecule has 17 nitrogen and oxygen atoms in total. The van der Waals surface area contributed by atoms with E-state index < -0.39 is 97.5 Å². The Morgan fingerprint density at radius 3 is 0.646 bits per heavy atom. The Kier molecular flexibility index (Phi) is 65.0. The molecule has 0 radical (unpaired) electrons. The molecule has 570 valence electrons. The third kappa shape index (κ3) is 70.5. The molecule has 0 aliphatic rings. The highest BCUT2D eigenvalue weighted by atomic mass is 31.2.